The summed E-state index contributed by atoms with van der Waals surface area (Å²) in [7, 11) is 0. The van der Waals surface area contributed by atoms with Crippen LogP contribution in [0, 0.1) is 17.0 Å². The molecule has 4 unspecified atom stereocenters. The molecule has 2 aliphatic rings. The van der Waals surface area contributed by atoms with Gasteiger partial charge >= 0.3 is 0 Å². The van der Waals surface area contributed by atoms with Crippen LogP contribution >= 0.6 is 22.6 Å². The third-order valence-electron chi connectivity index (χ3n) is 8.33. The van der Waals surface area contributed by atoms with Crippen molar-refractivity contribution in [2.24, 2.45) is 11.8 Å². The number of allylic oxidation sites excluding steroid dienone is 1. The number of hydrogen-bond donors (Lipinski definition) is 1. The zero-order valence-electron chi connectivity index (χ0n) is 23.5. The number of tetrazole rings is 1. The molecule has 2 aromatic heterocycles. The van der Waals surface area contributed by atoms with Gasteiger partial charge in [-0.05, 0) is 53.7 Å². The van der Waals surface area contributed by atoms with Gasteiger partial charge in [-0.1, -0.05) is 57.9 Å². The quantitative estimate of drug-likeness (QED) is 0.0692. The number of rotatable bonds is 9. The summed E-state index contributed by atoms with van der Waals surface area (Å²) < 4.78 is -0.881. The number of nitrogens with one attached hydrogen (secondary N) is 1. The average Bonchev–Trinajstić information content (AvgIpc) is 3.51. The molecule has 3 heterocycles. The van der Waals surface area contributed by atoms with Gasteiger partial charge in [-0.25, -0.2) is 5.10 Å². The van der Waals surface area contributed by atoms with Crippen molar-refractivity contribution in [2.75, 3.05) is 0 Å². The Balaban J connectivity index is 1.43. The van der Waals surface area contributed by atoms with Crippen molar-refractivity contribution in [1.29, 1.82) is 0 Å². The monoisotopic (exact) mass is 655 g/mol. The summed E-state index contributed by atoms with van der Waals surface area (Å²) in [6, 6.07) is 11.5. The minimum absolute atomic E-state index is 0.238. The van der Waals surface area contributed by atoms with Gasteiger partial charge in [0.1, 0.15) is 12.2 Å². The first-order valence-electron chi connectivity index (χ1n) is 14.4. The molecule has 5 rings (SSSR count). The number of halogens is 1. The topological polar surface area (TPSA) is 111 Å². The third kappa shape index (κ3) is 5.71. The number of benzene rings is 1. The number of carbonyl (C=O) groups is 1. The first kappa shape index (κ1) is 28.8. The van der Waals surface area contributed by atoms with E-state index in [-0.39, 0.29) is 24.3 Å². The molecule has 1 N–H and O–H groups in total. The van der Waals surface area contributed by atoms with E-state index in [0.29, 0.717) is 18.2 Å². The highest BCUT2D eigenvalue weighted by Crippen LogP contribution is 2.44. The largest absolute Gasteiger partial charge is 0.625 e. The second-order valence-corrected chi connectivity index (χ2v) is 12.5. The number of hydrogen-bond acceptors (Lipinski definition) is 7. The first-order chi connectivity index (χ1) is 19.3. The van der Waals surface area contributed by atoms with Crippen molar-refractivity contribution in [3.05, 3.63) is 65.3 Å². The Bertz CT molecular complexity index is 1330. The van der Waals surface area contributed by atoms with E-state index >= 15 is 0 Å². The van der Waals surface area contributed by atoms with Gasteiger partial charge in [-0.15, -0.1) is 5.10 Å². The number of unbranched alkanes of at least 4 members (excludes halogenated alkanes) is 1. The average molecular weight is 656 g/mol. The lowest BCUT2D eigenvalue weighted by atomic mass is 9.83. The highest BCUT2D eigenvalue weighted by molar-refractivity contribution is 14.1. The molecule has 1 saturated carbocycles. The molecule has 4 atom stereocenters. The Labute approximate surface area is 249 Å². The summed E-state index contributed by atoms with van der Waals surface area (Å²) in [4.78, 5) is 20.3. The van der Waals surface area contributed by atoms with Crippen LogP contribution in [0.25, 0.3) is 22.6 Å². The number of Topliss-reactive ketones (excluding diaryl/α,β-unsaturated/α-hetero) is 1. The van der Waals surface area contributed by atoms with Gasteiger partial charge in [0.2, 0.25) is 4.17 Å². The smallest absolute Gasteiger partial charge is 0.220 e. The fraction of sp³-hybridized carbons (Fsp3) is 0.500. The number of quaternary nitrogens is 1. The molecule has 3 aromatic rings. The van der Waals surface area contributed by atoms with Gasteiger partial charge in [-0.2, -0.15) is 0 Å². The zero-order chi connectivity index (χ0) is 28.3. The number of ketones is 1. The summed E-state index contributed by atoms with van der Waals surface area (Å²) >= 11 is 2.29. The second-order valence-electron chi connectivity index (χ2n) is 11.3. The Morgan fingerprint density at radius 1 is 1.18 bits per heavy atom. The maximum Gasteiger partial charge on any atom is 0.220 e. The molecule has 0 bridgehead atoms. The Morgan fingerprint density at radius 3 is 2.65 bits per heavy atom. The maximum absolute atomic E-state index is 14.8. The highest BCUT2D eigenvalue weighted by Gasteiger charge is 2.48. The molecule has 1 fully saturated rings. The highest BCUT2D eigenvalue weighted by atomic mass is 127. The predicted octanol–water partition coefficient (Wildman–Crippen LogP) is 6.59. The molecule has 9 nitrogen and oxygen atoms in total. The molecule has 1 aliphatic carbocycles. The molecule has 0 amide bonds. The van der Waals surface area contributed by atoms with Crippen molar-refractivity contribution in [1.82, 2.24) is 30.5 Å². The van der Waals surface area contributed by atoms with Gasteiger partial charge in [-0.3, -0.25) is 14.4 Å². The molecule has 212 valence electrons. The molecule has 0 spiro atoms. The van der Waals surface area contributed by atoms with Gasteiger partial charge in [0.05, 0.1) is 17.9 Å². The summed E-state index contributed by atoms with van der Waals surface area (Å²) in [5.41, 5.74) is 4.28. The molecule has 0 saturated heterocycles. The maximum atomic E-state index is 14.8. The number of H-pyrrole nitrogens is 1. The normalized spacial score (nSPS) is 25.4. The fourth-order valence-corrected chi connectivity index (χ4v) is 7.19. The van der Waals surface area contributed by atoms with Crippen LogP contribution in [0.3, 0.4) is 0 Å². The summed E-state index contributed by atoms with van der Waals surface area (Å²) in [5.74, 6) is 1.49. The lowest BCUT2D eigenvalue weighted by molar-refractivity contribution is -0.866. The minimum Gasteiger partial charge on any atom is -0.625 e. The van der Waals surface area contributed by atoms with Crippen molar-refractivity contribution in [3.8, 4) is 22.6 Å². The van der Waals surface area contributed by atoms with Crippen molar-refractivity contribution in [2.45, 2.75) is 82.5 Å². The summed E-state index contributed by atoms with van der Waals surface area (Å²) in [6.07, 6.45) is 10.2. The van der Waals surface area contributed by atoms with Gasteiger partial charge in [0.25, 0.3) is 0 Å². The first-order valence-corrected chi connectivity index (χ1v) is 15.6. The minimum atomic E-state index is -0.476. The molecule has 1 aliphatic heterocycles. The van der Waals surface area contributed by atoms with Crippen LogP contribution in [-0.2, 0) is 11.3 Å². The van der Waals surface area contributed by atoms with Crippen LogP contribution in [0.1, 0.15) is 71.3 Å². The van der Waals surface area contributed by atoms with Crippen LogP contribution < -0.4 is 0 Å². The molecule has 40 heavy (non-hydrogen) atoms. The number of hydroxylamine groups is 3. The van der Waals surface area contributed by atoms with Crippen LogP contribution in [0.2, 0.25) is 0 Å². The van der Waals surface area contributed by atoms with E-state index < -0.39 is 8.82 Å². The molecule has 0 radical (unpaired) electrons. The van der Waals surface area contributed by atoms with E-state index in [1.165, 1.54) is 0 Å². The Hall–Kier alpha value is -2.70. The fourth-order valence-electron chi connectivity index (χ4n) is 6.13. The second kappa shape index (κ2) is 12.4. The number of alkyl halides is 1. The van der Waals surface area contributed by atoms with E-state index in [9.17, 15) is 10.0 Å². The number of carbonyl (C=O) groups excluding carboxylic acids is 1. The lowest BCUT2D eigenvalue weighted by Gasteiger charge is -2.46. The molecular weight excluding hydrogens is 617 g/mol. The van der Waals surface area contributed by atoms with Crippen LogP contribution in [0.15, 0.2) is 54.5 Å². The summed E-state index contributed by atoms with van der Waals surface area (Å²) in [6.45, 7) is 6.83. The predicted molar refractivity (Wildman–Crippen MR) is 163 cm³/mol. The third-order valence-corrected chi connectivity index (χ3v) is 9.87. The Kier molecular flexibility index (Phi) is 8.96. The van der Waals surface area contributed by atoms with E-state index in [2.05, 4.69) is 68.9 Å². The summed E-state index contributed by atoms with van der Waals surface area (Å²) in [5, 5.41) is 29.1. The number of aromatic nitrogens is 5. The molecule has 10 heteroatoms. The van der Waals surface area contributed by atoms with Crippen molar-refractivity contribution < 1.29 is 9.44 Å². The van der Waals surface area contributed by atoms with E-state index in [1.54, 1.807) is 6.20 Å². The zero-order valence-corrected chi connectivity index (χ0v) is 25.6. The Morgan fingerprint density at radius 2 is 1.98 bits per heavy atom. The molecule has 1 aromatic carbocycles. The van der Waals surface area contributed by atoms with Crippen molar-refractivity contribution in [3.63, 3.8) is 0 Å². The van der Waals surface area contributed by atoms with E-state index in [0.717, 1.165) is 66.6 Å². The van der Waals surface area contributed by atoms with Crippen molar-refractivity contribution >= 4 is 28.4 Å². The number of nitrogens with zero attached hydrogens (tertiary/aromatic N) is 6. The van der Waals surface area contributed by atoms with Crippen LogP contribution in [0.4, 0.5) is 0 Å². The van der Waals surface area contributed by atoms with Crippen LogP contribution in [0.5, 0.6) is 0 Å². The molecular formula is C30H38IN7O2. The lowest BCUT2D eigenvalue weighted by Crippen LogP contribution is -2.53. The number of aromatic amines is 1. The number of pyridine rings is 1. The SMILES string of the molecule is CCCCC1=CN(C2C(=O)CCCCC2C(C)C)C(I)[N+]1([O-])Cc1ccc(-c2ccccc2-c2nnn[nH]2)nc1. The standard InChI is InChI=1S/C30H38IN7O2/c1-4-5-10-22-18-37(28-23(20(2)3)11-8-9-14-27(28)39)30(31)38(22,40)19-21-15-16-26(32-17-21)24-12-6-7-13-25(24)29-33-35-36-34-29/h6-7,12-13,15-18,20,23,28,30H,4-5,8-11,14,19H2,1-3H3,(H,33,34,35,36). The van der Waals surface area contributed by atoms with Gasteiger partial charge < -0.3 is 10.1 Å². The van der Waals surface area contributed by atoms with Crippen LogP contribution in [-0.4, -0.2) is 51.2 Å². The van der Waals surface area contributed by atoms with Gasteiger partial charge in [0.15, 0.2) is 11.6 Å². The van der Waals surface area contributed by atoms with E-state index in [1.807, 2.05) is 42.6 Å². The van der Waals surface area contributed by atoms with Gasteiger partial charge in [0, 0.05) is 58.3 Å². The van der Waals surface area contributed by atoms with E-state index in [4.69, 9.17) is 4.98 Å².